The highest BCUT2D eigenvalue weighted by molar-refractivity contribution is 9.10. The molecule has 1 atom stereocenters. The monoisotopic (exact) mass is 399 g/mol. The molecule has 1 aromatic heterocycles. The summed E-state index contributed by atoms with van der Waals surface area (Å²) in [5, 5.41) is 0.741. The molecule has 1 fully saturated rings. The topological polar surface area (TPSA) is 88.4 Å². The van der Waals surface area contributed by atoms with Gasteiger partial charge < -0.3 is 15.5 Å². The molecular weight excluding hydrogens is 382 g/mol. The van der Waals surface area contributed by atoms with Crippen molar-refractivity contribution in [2.45, 2.75) is 23.8 Å². The van der Waals surface area contributed by atoms with E-state index in [9.17, 15) is 9.00 Å². The second kappa shape index (κ2) is 6.72. The van der Waals surface area contributed by atoms with Gasteiger partial charge in [-0.3, -0.25) is 4.79 Å². The van der Waals surface area contributed by atoms with E-state index < -0.39 is 16.9 Å². The number of aromatic nitrogens is 1. The summed E-state index contributed by atoms with van der Waals surface area (Å²) in [6, 6.07) is 5.70. The van der Waals surface area contributed by atoms with Gasteiger partial charge in [-0.25, -0.2) is 8.51 Å². The minimum Gasteiger partial charge on any atom is -0.381 e. The first-order valence-electron chi connectivity index (χ1n) is 7.32. The first-order valence-corrected chi connectivity index (χ1v) is 9.22. The predicted molar refractivity (Wildman–Crippen MR) is 92.5 cm³/mol. The number of hydrogen-bond acceptors (Lipinski definition) is 3. The Morgan fingerprint density at radius 1 is 1.43 bits per heavy atom. The molecule has 3 rings (SSSR count). The second-order valence-corrected chi connectivity index (χ2v) is 7.92. The van der Waals surface area contributed by atoms with Crippen LogP contribution < -0.4 is 5.73 Å². The number of fused-ring (bicyclic) bond motifs is 1. The number of halogens is 1. The first kappa shape index (κ1) is 16.6. The third-order valence-electron chi connectivity index (χ3n) is 4.10. The highest BCUT2D eigenvalue weighted by Gasteiger charge is 2.28. The van der Waals surface area contributed by atoms with Crippen LogP contribution in [0.15, 0.2) is 27.6 Å². The minimum absolute atomic E-state index is 0.155. The van der Waals surface area contributed by atoms with Gasteiger partial charge in [-0.1, -0.05) is 15.9 Å². The highest BCUT2D eigenvalue weighted by Crippen LogP contribution is 2.30. The summed E-state index contributed by atoms with van der Waals surface area (Å²) in [4.78, 5) is 15.2. The van der Waals surface area contributed by atoms with E-state index in [4.69, 9.17) is 10.5 Å². The second-order valence-electron chi connectivity index (χ2n) is 5.52. The van der Waals surface area contributed by atoms with E-state index >= 15 is 0 Å². The van der Waals surface area contributed by atoms with E-state index in [1.54, 1.807) is 4.31 Å². The number of ether oxygens (including phenoxy) is 1. The number of carbonyl (C=O) groups excluding carboxylic acids is 1. The number of nitrogens with zero attached hydrogens (tertiary/aromatic N) is 1. The maximum absolute atomic E-state index is 13.1. The number of primary amides is 1. The van der Waals surface area contributed by atoms with Gasteiger partial charge in [0.1, 0.15) is 16.7 Å². The van der Waals surface area contributed by atoms with Crippen molar-refractivity contribution in [3.05, 3.63) is 28.4 Å². The summed E-state index contributed by atoms with van der Waals surface area (Å²) >= 11 is 3.42. The van der Waals surface area contributed by atoms with Gasteiger partial charge in [0.05, 0.1) is 4.90 Å². The lowest BCUT2D eigenvalue weighted by Gasteiger charge is -2.30. The van der Waals surface area contributed by atoms with Gasteiger partial charge in [0.25, 0.3) is 5.91 Å². The fourth-order valence-corrected chi connectivity index (χ4v) is 4.64. The molecule has 2 heterocycles. The van der Waals surface area contributed by atoms with Gasteiger partial charge in [-0.05, 0) is 31.0 Å². The lowest BCUT2D eigenvalue weighted by molar-refractivity contribution is 0.0642. The fraction of sp³-hybridized carbons (Fsp3) is 0.400. The third-order valence-corrected chi connectivity index (χ3v) is 6.19. The molecule has 0 saturated carbocycles. The van der Waals surface area contributed by atoms with Crippen molar-refractivity contribution in [2.75, 3.05) is 20.3 Å². The number of nitrogens with one attached hydrogen (secondary N) is 1. The molecule has 1 unspecified atom stereocenters. The van der Waals surface area contributed by atoms with Gasteiger partial charge in [0, 0.05) is 41.7 Å². The summed E-state index contributed by atoms with van der Waals surface area (Å²) < 4.78 is 21.1. The van der Waals surface area contributed by atoms with Crippen LogP contribution in [-0.2, 0) is 15.7 Å². The zero-order valence-electron chi connectivity index (χ0n) is 12.7. The average molecular weight is 400 g/mol. The Kier molecular flexibility index (Phi) is 4.86. The summed E-state index contributed by atoms with van der Waals surface area (Å²) in [6.07, 6.45) is 1.64. The summed E-state index contributed by atoms with van der Waals surface area (Å²) in [6.45, 7) is 1.32. The maximum atomic E-state index is 13.1. The molecule has 1 aromatic carbocycles. The van der Waals surface area contributed by atoms with E-state index in [0.29, 0.717) is 18.1 Å². The maximum Gasteiger partial charge on any atom is 0.266 e. The fourth-order valence-electron chi connectivity index (χ4n) is 2.82. The average Bonchev–Trinajstić information content (AvgIpc) is 2.93. The lowest BCUT2D eigenvalue weighted by Crippen LogP contribution is -2.38. The number of aromatic amines is 1. The molecule has 3 N–H and O–H groups in total. The van der Waals surface area contributed by atoms with Gasteiger partial charge in [0.15, 0.2) is 0 Å². The van der Waals surface area contributed by atoms with Gasteiger partial charge in [0.2, 0.25) is 0 Å². The number of carbonyl (C=O) groups is 1. The molecule has 0 aliphatic carbocycles. The Bertz CT molecular complexity index is 771. The number of hydrogen-bond donors (Lipinski definition) is 2. The number of rotatable bonds is 4. The van der Waals surface area contributed by atoms with Crippen molar-refractivity contribution in [1.29, 1.82) is 0 Å². The molecule has 1 aliphatic rings. The first-order chi connectivity index (χ1) is 11.0. The largest absolute Gasteiger partial charge is 0.381 e. The van der Waals surface area contributed by atoms with Crippen LogP contribution in [0.5, 0.6) is 0 Å². The standard InChI is InChI=1S/C15H18BrN3O3S/c1-19(10-4-6-22-7-5-10)23(21)14-11-8-9(16)2-3-12(11)18-13(14)15(17)20/h2-3,8,10,18H,4-7H2,1H3,(H2,17,20). The molecular formula is C15H18BrN3O3S. The predicted octanol–water partition coefficient (Wildman–Crippen LogP) is 2.16. The number of H-pyrrole nitrogens is 1. The van der Waals surface area contributed by atoms with Gasteiger partial charge in [-0.2, -0.15) is 0 Å². The van der Waals surface area contributed by atoms with Crippen LogP contribution in [-0.4, -0.2) is 45.7 Å². The van der Waals surface area contributed by atoms with E-state index in [1.807, 2.05) is 25.2 Å². The molecule has 1 amide bonds. The van der Waals surface area contributed by atoms with Crippen molar-refractivity contribution >= 4 is 43.7 Å². The zero-order chi connectivity index (χ0) is 16.6. The van der Waals surface area contributed by atoms with E-state index in [2.05, 4.69) is 20.9 Å². The minimum atomic E-state index is -1.48. The Hall–Kier alpha value is -1.22. The Morgan fingerprint density at radius 3 is 2.78 bits per heavy atom. The Balaban J connectivity index is 2.05. The zero-order valence-corrected chi connectivity index (χ0v) is 15.1. The molecule has 0 radical (unpaired) electrons. The van der Waals surface area contributed by atoms with Crippen LogP contribution in [0.4, 0.5) is 0 Å². The molecule has 0 spiro atoms. The van der Waals surface area contributed by atoms with Crippen molar-refractivity contribution in [3.8, 4) is 0 Å². The lowest BCUT2D eigenvalue weighted by atomic mass is 10.1. The van der Waals surface area contributed by atoms with Crippen LogP contribution in [0.25, 0.3) is 10.9 Å². The molecule has 6 nitrogen and oxygen atoms in total. The number of benzene rings is 1. The summed E-state index contributed by atoms with van der Waals surface area (Å²) in [5.74, 6) is -0.610. The Morgan fingerprint density at radius 2 is 2.13 bits per heavy atom. The van der Waals surface area contributed by atoms with Crippen molar-refractivity contribution < 1.29 is 13.7 Å². The van der Waals surface area contributed by atoms with Crippen molar-refractivity contribution in [1.82, 2.24) is 9.29 Å². The van der Waals surface area contributed by atoms with E-state index in [0.717, 1.165) is 28.2 Å². The quantitative estimate of drug-likeness (QED) is 0.825. The van der Waals surface area contributed by atoms with Crippen LogP contribution >= 0.6 is 15.9 Å². The number of amides is 1. The van der Waals surface area contributed by atoms with Crippen molar-refractivity contribution in [3.63, 3.8) is 0 Å². The molecule has 0 bridgehead atoms. The van der Waals surface area contributed by atoms with Crippen LogP contribution in [0, 0.1) is 0 Å². The molecule has 23 heavy (non-hydrogen) atoms. The van der Waals surface area contributed by atoms with Crippen LogP contribution in [0.3, 0.4) is 0 Å². The van der Waals surface area contributed by atoms with E-state index in [-0.39, 0.29) is 11.7 Å². The Labute approximate surface area is 145 Å². The normalized spacial score (nSPS) is 17.7. The number of nitrogens with two attached hydrogens (primary N) is 1. The van der Waals surface area contributed by atoms with Crippen LogP contribution in [0.2, 0.25) is 0 Å². The third kappa shape index (κ3) is 3.21. The van der Waals surface area contributed by atoms with Gasteiger partial charge >= 0.3 is 0 Å². The molecule has 1 saturated heterocycles. The molecule has 8 heteroatoms. The molecule has 1 aliphatic heterocycles. The van der Waals surface area contributed by atoms with Gasteiger partial charge in [-0.15, -0.1) is 0 Å². The smallest absolute Gasteiger partial charge is 0.266 e. The summed E-state index contributed by atoms with van der Waals surface area (Å²) in [7, 11) is 0.328. The van der Waals surface area contributed by atoms with E-state index in [1.165, 1.54) is 0 Å². The van der Waals surface area contributed by atoms with Crippen molar-refractivity contribution in [2.24, 2.45) is 5.73 Å². The molecule has 124 valence electrons. The summed E-state index contributed by atoms with van der Waals surface area (Å²) in [5.41, 5.74) is 6.42. The highest BCUT2D eigenvalue weighted by atomic mass is 79.9. The van der Waals surface area contributed by atoms with Crippen LogP contribution in [0.1, 0.15) is 23.3 Å². The molecule has 2 aromatic rings. The SMILES string of the molecule is CN(C1CCOCC1)S(=O)c1c(C(N)=O)[nH]c2ccc(Br)cc12.